The molecule has 1 fully saturated rings. The molecule has 2 heterocycles. The van der Waals surface area contributed by atoms with E-state index in [0.717, 1.165) is 68.6 Å². The van der Waals surface area contributed by atoms with Gasteiger partial charge < -0.3 is 19.8 Å². The molecule has 0 atom stereocenters. The molecule has 2 N–H and O–H groups in total. The predicted molar refractivity (Wildman–Crippen MR) is 101 cm³/mol. The normalized spacial score (nSPS) is 16.3. The average molecular weight is 344 g/mol. The molecule has 1 aliphatic heterocycles. The minimum atomic E-state index is 0.535. The second-order valence-corrected chi connectivity index (χ2v) is 6.22. The fourth-order valence-electron chi connectivity index (χ4n) is 3.03. The number of nitrogens with one attached hydrogen (secondary N) is 2. The second kappa shape index (κ2) is 8.87. The van der Waals surface area contributed by atoms with Crippen LogP contribution < -0.4 is 10.6 Å². The Labute approximate surface area is 149 Å². The van der Waals surface area contributed by atoms with Crippen LogP contribution in [-0.2, 0) is 11.3 Å². The van der Waals surface area contributed by atoms with E-state index in [-0.39, 0.29) is 0 Å². The number of furan rings is 1. The van der Waals surface area contributed by atoms with Crippen LogP contribution in [-0.4, -0.2) is 56.8 Å². The zero-order valence-corrected chi connectivity index (χ0v) is 15.2. The Kier molecular flexibility index (Phi) is 6.30. The number of guanidine groups is 1. The zero-order chi connectivity index (χ0) is 17.5. The SMILES string of the molecule is CCNC(=NCc1oc2ccccc2c1C)NCCN1CCOCC1. The lowest BCUT2D eigenvalue weighted by Gasteiger charge is -2.26. The lowest BCUT2D eigenvalue weighted by atomic mass is 10.1. The third-order valence-corrected chi connectivity index (χ3v) is 4.49. The summed E-state index contributed by atoms with van der Waals surface area (Å²) in [6, 6.07) is 8.12. The highest BCUT2D eigenvalue weighted by atomic mass is 16.5. The number of nitrogens with zero attached hydrogens (tertiary/aromatic N) is 2. The number of hydrogen-bond donors (Lipinski definition) is 2. The average Bonchev–Trinajstić information content (AvgIpc) is 2.97. The van der Waals surface area contributed by atoms with Crippen molar-refractivity contribution in [3.05, 3.63) is 35.6 Å². The molecule has 3 rings (SSSR count). The number of ether oxygens (including phenoxy) is 1. The Morgan fingerprint density at radius 2 is 2.00 bits per heavy atom. The third-order valence-electron chi connectivity index (χ3n) is 4.49. The number of morpholine rings is 1. The molecule has 0 bridgehead atoms. The van der Waals surface area contributed by atoms with Gasteiger partial charge in [0, 0.05) is 43.7 Å². The van der Waals surface area contributed by atoms with Gasteiger partial charge in [0.1, 0.15) is 17.9 Å². The maximum atomic E-state index is 5.94. The van der Waals surface area contributed by atoms with Crippen molar-refractivity contribution >= 4 is 16.9 Å². The first-order chi connectivity index (χ1) is 12.3. The van der Waals surface area contributed by atoms with Gasteiger partial charge in [-0.05, 0) is 19.9 Å². The van der Waals surface area contributed by atoms with Gasteiger partial charge in [-0.15, -0.1) is 0 Å². The van der Waals surface area contributed by atoms with E-state index in [9.17, 15) is 0 Å². The maximum Gasteiger partial charge on any atom is 0.191 e. The molecule has 0 aliphatic carbocycles. The van der Waals surface area contributed by atoms with Crippen LogP contribution in [0.25, 0.3) is 11.0 Å². The van der Waals surface area contributed by atoms with Crippen LogP contribution in [0.2, 0.25) is 0 Å². The summed E-state index contributed by atoms with van der Waals surface area (Å²) in [5, 5.41) is 7.87. The number of aliphatic imine (C=N–C) groups is 1. The number of rotatable bonds is 6. The minimum absolute atomic E-state index is 0.535. The Balaban J connectivity index is 1.58. The van der Waals surface area contributed by atoms with Gasteiger partial charge in [0.05, 0.1) is 13.2 Å². The molecule has 0 spiro atoms. The Morgan fingerprint density at radius 1 is 1.20 bits per heavy atom. The largest absolute Gasteiger partial charge is 0.459 e. The molecule has 6 nitrogen and oxygen atoms in total. The molecule has 0 radical (unpaired) electrons. The van der Waals surface area contributed by atoms with Gasteiger partial charge in [-0.25, -0.2) is 4.99 Å². The third kappa shape index (κ3) is 4.74. The maximum absolute atomic E-state index is 5.94. The van der Waals surface area contributed by atoms with E-state index in [1.54, 1.807) is 0 Å². The predicted octanol–water partition coefficient (Wildman–Crippen LogP) is 2.13. The summed E-state index contributed by atoms with van der Waals surface area (Å²) in [5.74, 6) is 1.75. The number of hydrogen-bond acceptors (Lipinski definition) is 4. The molecular weight excluding hydrogens is 316 g/mol. The van der Waals surface area contributed by atoms with Crippen molar-refractivity contribution in [2.45, 2.75) is 20.4 Å². The van der Waals surface area contributed by atoms with E-state index in [1.165, 1.54) is 5.56 Å². The first-order valence-electron chi connectivity index (χ1n) is 9.07. The van der Waals surface area contributed by atoms with Gasteiger partial charge in [-0.3, -0.25) is 4.90 Å². The fraction of sp³-hybridized carbons (Fsp3) is 0.526. The molecule has 1 aromatic carbocycles. The Morgan fingerprint density at radius 3 is 2.76 bits per heavy atom. The van der Waals surface area contributed by atoms with Crippen molar-refractivity contribution in [3.63, 3.8) is 0 Å². The van der Waals surface area contributed by atoms with Crippen LogP contribution >= 0.6 is 0 Å². The van der Waals surface area contributed by atoms with Gasteiger partial charge >= 0.3 is 0 Å². The monoisotopic (exact) mass is 344 g/mol. The summed E-state index contributed by atoms with van der Waals surface area (Å²) in [6.45, 7) is 11.1. The number of fused-ring (bicyclic) bond motifs is 1. The van der Waals surface area contributed by atoms with Gasteiger partial charge in [0.2, 0.25) is 0 Å². The summed E-state index contributed by atoms with van der Waals surface area (Å²) in [6.07, 6.45) is 0. The molecule has 1 aliphatic rings. The molecule has 25 heavy (non-hydrogen) atoms. The highest BCUT2D eigenvalue weighted by molar-refractivity contribution is 5.82. The summed E-state index contributed by atoms with van der Waals surface area (Å²) in [5.41, 5.74) is 2.10. The van der Waals surface area contributed by atoms with Crippen LogP contribution in [0.4, 0.5) is 0 Å². The Bertz CT molecular complexity index is 705. The van der Waals surface area contributed by atoms with Crippen LogP contribution in [0, 0.1) is 6.92 Å². The molecule has 0 unspecified atom stereocenters. The van der Waals surface area contributed by atoms with Crippen molar-refractivity contribution in [1.29, 1.82) is 0 Å². The molecule has 136 valence electrons. The smallest absolute Gasteiger partial charge is 0.191 e. The van der Waals surface area contributed by atoms with E-state index in [4.69, 9.17) is 9.15 Å². The molecule has 0 amide bonds. The lowest BCUT2D eigenvalue weighted by molar-refractivity contribution is 0.0389. The van der Waals surface area contributed by atoms with Gasteiger partial charge in [-0.2, -0.15) is 0 Å². The zero-order valence-electron chi connectivity index (χ0n) is 15.2. The van der Waals surface area contributed by atoms with Crippen molar-refractivity contribution < 1.29 is 9.15 Å². The van der Waals surface area contributed by atoms with E-state index < -0.39 is 0 Å². The minimum Gasteiger partial charge on any atom is -0.459 e. The number of aryl methyl sites for hydroxylation is 1. The van der Waals surface area contributed by atoms with Gasteiger partial charge in [0.25, 0.3) is 0 Å². The molecule has 0 saturated carbocycles. The van der Waals surface area contributed by atoms with E-state index in [1.807, 2.05) is 18.2 Å². The molecule has 6 heteroatoms. The van der Waals surface area contributed by atoms with E-state index in [2.05, 4.69) is 40.4 Å². The van der Waals surface area contributed by atoms with Crippen LogP contribution in [0.5, 0.6) is 0 Å². The molecule has 1 aromatic heterocycles. The number of benzene rings is 1. The Hall–Kier alpha value is -2.05. The summed E-state index contributed by atoms with van der Waals surface area (Å²) in [7, 11) is 0. The van der Waals surface area contributed by atoms with Gasteiger partial charge in [-0.1, -0.05) is 18.2 Å². The quantitative estimate of drug-likeness (QED) is 0.621. The van der Waals surface area contributed by atoms with Gasteiger partial charge in [0.15, 0.2) is 5.96 Å². The van der Waals surface area contributed by atoms with Crippen LogP contribution in [0.15, 0.2) is 33.7 Å². The highest BCUT2D eigenvalue weighted by Gasteiger charge is 2.11. The topological polar surface area (TPSA) is 62.0 Å². The van der Waals surface area contributed by atoms with Crippen LogP contribution in [0.1, 0.15) is 18.2 Å². The van der Waals surface area contributed by atoms with Crippen molar-refractivity contribution in [2.24, 2.45) is 4.99 Å². The van der Waals surface area contributed by atoms with Crippen molar-refractivity contribution in [2.75, 3.05) is 45.9 Å². The molecule has 2 aromatic rings. The van der Waals surface area contributed by atoms with Crippen LogP contribution in [0.3, 0.4) is 0 Å². The second-order valence-electron chi connectivity index (χ2n) is 6.22. The van der Waals surface area contributed by atoms with Crippen molar-refractivity contribution in [1.82, 2.24) is 15.5 Å². The lowest BCUT2D eigenvalue weighted by Crippen LogP contribution is -2.44. The first kappa shape index (κ1) is 17.8. The van der Waals surface area contributed by atoms with E-state index >= 15 is 0 Å². The summed E-state index contributed by atoms with van der Waals surface area (Å²) < 4.78 is 11.3. The first-order valence-corrected chi connectivity index (χ1v) is 9.07. The highest BCUT2D eigenvalue weighted by Crippen LogP contribution is 2.25. The summed E-state index contributed by atoms with van der Waals surface area (Å²) in [4.78, 5) is 7.09. The summed E-state index contributed by atoms with van der Waals surface area (Å²) >= 11 is 0. The van der Waals surface area contributed by atoms with Crippen molar-refractivity contribution in [3.8, 4) is 0 Å². The number of para-hydroxylation sites is 1. The fourth-order valence-corrected chi connectivity index (χ4v) is 3.03. The van der Waals surface area contributed by atoms with E-state index in [0.29, 0.717) is 6.54 Å². The molecular formula is C19H28N4O2. The molecule has 1 saturated heterocycles. The standard InChI is InChI=1S/C19H28N4O2/c1-3-20-19(21-8-9-23-10-12-24-13-11-23)22-14-18-15(2)16-6-4-5-7-17(16)25-18/h4-7H,3,8-14H2,1-2H3,(H2,20,21,22).